The Balaban J connectivity index is 1.63. The number of halogens is 1. The average molecular weight is 346 g/mol. The fraction of sp³-hybridized carbons (Fsp3) is 0.412. The molecule has 1 saturated heterocycles. The first-order valence-electron chi connectivity index (χ1n) is 8.26. The SMILES string of the molecule is O=C1N(CCn2cc(Cl)cn2)c2ccccc2NC12CCNCC2. The van der Waals surface area contributed by atoms with E-state index >= 15 is 0 Å². The molecule has 7 heteroatoms. The fourth-order valence-electron chi connectivity index (χ4n) is 3.57. The summed E-state index contributed by atoms with van der Waals surface area (Å²) >= 11 is 5.93. The number of nitrogens with zero attached hydrogens (tertiary/aromatic N) is 3. The second kappa shape index (κ2) is 6.11. The smallest absolute Gasteiger partial charge is 0.252 e. The molecule has 6 nitrogen and oxygen atoms in total. The Morgan fingerprint density at radius 1 is 1.21 bits per heavy atom. The van der Waals surface area contributed by atoms with Crippen molar-refractivity contribution < 1.29 is 4.79 Å². The molecule has 24 heavy (non-hydrogen) atoms. The number of carbonyl (C=O) groups is 1. The monoisotopic (exact) mass is 345 g/mol. The van der Waals surface area contributed by atoms with E-state index in [0.29, 0.717) is 18.1 Å². The number of aromatic nitrogens is 2. The standard InChI is InChI=1S/C17H20ClN5O/c18-13-11-20-22(12-13)9-10-23-15-4-2-1-3-14(15)21-17(16(23)24)5-7-19-8-6-17/h1-4,11-12,19,21H,5-10H2. The van der Waals surface area contributed by atoms with Crippen LogP contribution in [0.15, 0.2) is 36.7 Å². The number of piperidine rings is 1. The lowest BCUT2D eigenvalue weighted by Gasteiger charge is -2.46. The summed E-state index contributed by atoms with van der Waals surface area (Å²) in [5, 5.41) is 11.7. The maximum absolute atomic E-state index is 13.3. The van der Waals surface area contributed by atoms with Gasteiger partial charge in [0.2, 0.25) is 0 Å². The van der Waals surface area contributed by atoms with Gasteiger partial charge in [0.25, 0.3) is 5.91 Å². The zero-order valence-electron chi connectivity index (χ0n) is 13.3. The molecular formula is C17H20ClN5O. The van der Waals surface area contributed by atoms with Crippen molar-refractivity contribution >= 4 is 28.9 Å². The van der Waals surface area contributed by atoms with E-state index in [1.165, 1.54) is 0 Å². The number of anilines is 2. The Morgan fingerprint density at radius 2 is 2.00 bits per heavy atom. The van der Waals surface area contributed by atoms with Crippen LogP contribution in [0.3, 0.4) is 0 Å². The Morgan fingerprint density at radius 3 is 2.75 bits per heavy atom. The number of rotatable bonds is 3. The van der Waals surface area contributed by atoms with Crippen molar-refractivity contribution in [2.75, 3.05) is 29.9 Å². The highest BCUT2D eigenvalue weighted by molar-refractivity contribution is 6.30. The molecular weight excluding hydrogens is 326 g/mol. The summed E-state index contributed by atoms with van der Waals surface area (Å²) in [6.45, 7) is 2.89. The number of para-hydroxylation sites is 2. The first-order chi connectivity index (χ1) is 11.7. The van der Waals surface area contributed by atoms with Crippen molar-refractivity contribution in [2.24, 2.45) is 0 Å². The third-order valence-corrected chi connectivity index (χ3v) is 5.03. The van der Waals surface area contributed by atoms with Gasteiger partial charge in [-0.2, -0.15) is 5.10 Å². The summed E-state index contributed by atoms with van der Waals surface area (Å²) in [6.07, 6.45) is 4.98. The number of carbonyl (C=O) groups excluding carboxylic acids is 1. The lowest BCUT2D eigenvalue weighted by atomic mass is 9.84. The predicted octanol–water partition coefficient (Wildman–Crippen LogP) is 2.12. The van der Waals surface area contributed by atoms with Crippen LogP contribution in [-0.2, 0) is 11.3 Å². The molecule has 1 aromatic heterocycles. The van der Waals surface area contributed by atoms with Gasteiger partial charge in [-0.1, -0.05) is 23.7 Å². The summed E-state index contributed by atoms with van der Waals surface area (Å²) in [5.41, 5.74) is 1.46. The quantitative estimate of drug-likeness (QED) is 0.894. The van der Waals surface area contributed by atoms with Gasteiger partial charge < -0.3 is 15.5 Å². The van der Waals surface area contributed by atoms with Crippen LogP contribution in [0.4, 0.5) is 11.4 Å². The van der Waals surface area contributed by atoms with Crippen molar-refractivity contribution in [3.8, 4) is 0 Å². The highest BCUT2D eigenvalue weighted by Crippen LogP contribution is 2.38. The van der Waals surface area contributed by atoms with Gasteiger partial charge in [-0.05, 0) is 38.1 Å². The minimum Gasteiger partial charge on any atom is -0.369 e. The maximum Gasteiger partial charge on any atom is 0.252 e. The Kier molecular flexibility index (Phi) is 3.94. The zero-order chi connectivity index (χ0) is 16.6. The van der Waals surface area contributed by atoms with Gasteiger partial charge in [0.1, 0.15) is 5.54 Å². The van der Waals surface area contributed by atoms with Crippen molar-refractivity contribution in [3.63, 3.8) is 0 Å². The van der Waals surface area contributed by atoms with E-state index in [-0.39, 0.29) is 5.91 Å². The average Bonchev–Trinajstić information content (AvgIpc) is 3.02. The molecule has 3 heterocycles. The van der Waals surface area contributed by atoms with Gasteiger partial charge in [0.15, 0.2) is 0 Å². The van der Waals surface area contributed by atoms with Gasteiger partial charge in [-0.15, -0.1) is 0 Å². The van der Waals surface area contributed by atoms with Crippen molar-refractivity contribution in [3.05, 3.63) is 41.7 Å². The van der Waals surface area contributed by atoms with Gasteiger partial charge in [0.05, 0.1) is 29.1 Å². The molecule has 0 saturated carbocycles. The molecule has 0 aliphatic carbocycles. The predicted molar refractivity (Wildman–Crippen MR) is 94.5 cm³/mol. The molecule has 1 amide bonds. The van der Waals surface area contributed by atoms with Gasteiger partial charge in [-0.25, -0.2) is 0 Å². The molecule has 0 unspecified atom stereocenters. The van der Waals surface area contributed by atoms with E-state index in [4.69, 9.17) is 11.6 Å². The van der Waals surface area contributed by atoms with Gasteiger partial charge >= 0.3 is 0 Å². The van der Waals surface area contributed by atoms with E-state index in [1.807, 2.05) is 29.2 Å². The van der Waals surface area contributed by atoms with Crippen molar-refractivity contribution in [1.29, 1.82) is 0 Å². The number of fused-ring (bicyclic) bond motifs is 1. The molecule has 0 bridgehead atoms. The van der Waals surface area contributed by atoms with Gasteiger partial charge in [-0.3, -0.25) is 9.48 Å². The van der Waals surface area contributed by atoms with Crippen LogP contribution < -0.4 is 15.5 Å². The fourth-order valence-corrected chi connectivity index (χ4v) is 3.73. The maximum atomic E-state index is 13.3. The largest absolute Gasteiger partial charge is 0.369 e. The molecule has 4 rings (SSSR count). The number of amides is 1. The zero-order valence-corrected chi connectivity index (χ0v) is 14.1. The molecule has 1 fully saturated rings. The summed E-state index contributed by atoms with van der Waals surface area (Å²) in [6, 6.07) is 8.00. The summed E-state index contributed by atoms with van der Waals surface area (Å²) in [4.78, 5) is 15.2. The van der Waals surface area contributed by atoms with Crippen molar-refractivity contribution in [2.45, 2.75) is 24.9 Å². The Hall–Kier alpha value is -2.05. The van der Waals surface area contributed by atoms with Crippen LogP contribution in [0.25, 0.3) is 0 Å². The normalized spacial score (nSPS) is 19.2. The first kappa shape index (κ1) is 15.5. The molecule has 126 valence electrons. The molecule has 0 atom stereocenters. The molecule has 1 aromatic carbocycles. The summed E-state index contributed by atoms with van der Waals surface area (Å²) < 4.78 is 1.77. The molecule has 2 aromatic rings. The highest BCUT2D eigenvalue weighted by Gasteiger charge is 2.46. The number of benzene rings is 1. The molecule has 1 spiro atoms. The summed E-state index contributed by atoms with van der Waals surface area (Å²) in [7, 11) is 0. The van der Waals surface area contributed by atoms with Crippen molar-refractivity contribution in [1.82, 2.24) is 15.1 Å². The highest BCUT2D eigenvalue weighted by atomic mass is 35.5. The minimum atomic E-state index is -0.499. The third-order valence-electron chi connectivity index (χ3n) is 4.83. The third kappa shape index (κ3) is 2.65. The molecule has 2 N–H and O–H groups in total. The lowest BCUT2D eigenvalue weighted by molar-refractivity contribution is -0.124. The van der Waals surface area contributed by atoms with Crippen LogP contribution in [0.2, 0.25) is 5.02 Å². The molecule has 0 radical (unpaired) electrons. The van der Waals surface area contributed by atoms with Crippen LogP contribution >= 0.6 is 11.6 Å². The van der Waals surface area contributed by atoms with E-state index in [0.717, 1.165) is 37.3 Å². The van der Waals surface area contributed by atoms with Gasteiger partial charge in [0, 0.05) is 12.7 Å². The minimum absolute atomic E-state index is 0.154. The second-order valence-corrected chi connectivity index (χ2v) is 6.79. The first-order valence-corrected chi connectivity index (χ1v) is 8.64. The Labute approximate surface area is 145 Å². The van der Waals surface area contributed by atoms with Crippen LogP contribution in [0.5, 0.6) is 0 Å². The van der Waals surface area contributed by atoms with Crippen LogP contribution in [0.1, 0.15) is 12.8 Å². The Bertz CT molecular complexity index is 753. The summed E-state index contributed by atoms with van der Waals surface area (Å²) in [5.74, 6) is 0.154. The van der Waals surface area contributed by atoms with E-state index < -0.39 is 5.54 Å². The van der Waals surface area contributed by atoms with E-state index in [2.05, 4.69) is 15.7 Å². The molecule has 2 aliphatic rings. The number of hydrogen-bond acceptors (Lipinski definition) is 4. The number of nitrogens with one attached hydrogen (secondary N) is 2. The van der Waals surface area contributed by atoms with Crippen LogP contribution in [-0.4, -0.2) is 40.9 Å². The second-order valence-electron chi connectivity index (χ2n) is 6.35. The van der Waals surface area contributed by atoms with E-state index in [9.17, 15) is 4.79 Å². The van der Waals surface area contributed by atoms with E-state index in [1.54, 1.807) is 17.1 Å². The lowest BCUT2D eigenvalue weighted by Crippen LogP contribution is -2.61. The van der Waals surface area contributed by atoms with Crippen LogP contribution in [0, 0.1) is 0 Å². The topological polar surface area (TPSA) is 62.2 Å². The molecule has 2 aliphatic heterocycles. The number of hydrogen-bond donors (Lipinski definition) is 2.